The summed E-state index contributed by atoms with van der Waals surface area (Å²) in [5.74, 6) is 0.813. The van der Waals surface area contributed by atoms with E-state index in [2.05, 4.69) is 34.6 Å². The van der Waals surface area contributed by atoms with E-state index in [9.17, 15) is 4.79 Å². The zero-order valence-corrected chi connectivity index (χ0v) is 13.6. The van der Waals surface area contributed by atoms with Gasteiger partial charge in [-0.3, -0.25) is 4.79 Å². The molecule has 0 radical (unpaired) electrons. The van der Waals surface area contributed by atoms with Crippen molar-refractivity contribution < 1.29 is 4.79 Å². The van der Waals surface area contributed by atoms with Crippen LogP contribution in [0.1, 0.15) is 33.6 Å². The second kappa shape index (κ2) is 6.48. The molecule has 4 nitrogen and oxygen atoms in total. The van der Waals surface area contributed by atoms with Crippen LogP contribution in [0.4, 0.5) is 11.4 Å². The predicted octanol–water partition coefficient (Wildman–Crippen LogP) is 2.86. The van der Waals surface area contributed by atoms with Crippen LogP contribution >= 0.6 is 0 Å². The second-order valence-electron chi connectivity index (χ2n) is 6.55. The van der Waals surface area contributed by atoms with Crippen LogP contribution in [0.25, 0.3) is 0 Å². The average Bonchev–Trinajstić information content (AvgIpc) is 2.49. The van der Waals surface area contributed by atoms with Gasteiger partial charge in [-0.25, -0.2) is 0 Å². The van der Waals surface area contributed by atoms with Crippen LogP contribution in [0.2, 0.25) is 0 Å². The summed E-state index contributed by atoms with van der Waals surface area (Å²) in [5.41, 5.74) is 1.52. The summed E-state index contributed by atoms with van der Waals surface area (Å²) in [5, 5.41) is 5.96. The molecule has 1 amide bonds. The van der Waals surface area contributed by atoms with Crippen molar-refractivity contribution in [3.63, 3.8) is 0 Å². The lowest BCUT2D eigenvalue weighted by molar-refractivity contribution is -0.121. The Kier molecular flexibility index (Phi) is 4.88. The van der Waals surface area contributed by atoms with Crippen LogP contribution in [0.15, 0.2) is 24.3 Å². The molecule has 0 aliphatic carbocycles. The molecule has 1 fully saturated rings. The molecule has 1 aromatic rings. The fourth-order valence-corrected chi connectivity index (χ4v) is 2.42. The Bertz CT molecular complexity index is 473. The van der Waals surface area contributed by atoms with Crippen molar-refractivity contribution >= 4 is 17.3 Å². The summed E-state index contributed by atoms with van der Waals surface area (Å²) < 4.78 is 0. The molecule has 1 heterocycles. The SMILES string of the molecule is CNC(C)(C)C(=O)Nc1ccc(N2CCC(C)CC2)cc1. The van der Waals surface area contributed by atoms with Crippen LogP contribution in [-0.4, -0.2) is 31.6 Å². The van der Waals surface area contributed by atoms with Crippen molar-refractivity contribution in [2.24, 2.45) is 5.92 Å². The van der Waals surface area contributed by atoms with Crippen LogP contribution in [0, 0.1) is 5.92 Å². The first kappa shape index (κ1) is 15.8. The molecule has 1 aliphatic rings. The lowest BCUT2D eigenvalue weighted by Gasteiger charge is -2.32. The number of benzene rings is 1. The number of piperidine rings is 1. The topological polar surface area (TPSA) is 44.4 Å². The van der Waals surface area contributed by atoms with Crippen molar-refractivity contribution in [3.8, 4) is 0 Å². The molecule has 21 heavy (non-hydrogen) atoms. The number of carbonyl (C=O) groups excluding carboxylic acids is 1. The van der Waals surface area contributed by atoms with E-state index in [-0.39, 0.29) is 5.91 Å². The highest BCUT2D eigenvalue weighted by molar-refractivity contribution is 5.97. The van der Waals surface area contributed by atoms with Crippen molar-refractivity contribution in [1.29, 1.82) is 0 Å². The highest BCUT2D eigenvalue weighted by Crippen LogP contribution is 2.24. The molecule has 4 heteroatoms. The summed E-state index contributed by atoms with van der Waals surface area (Å²) >= 11 is 0. The summed E-state index contributed by atoms with van der Waals surface area (Å²) in [7, 11) is 1.79. The summed E-state index contributed by atoms with van der Waals surface area (Å²) in [6, 6.07) is 8.16. The number of carbonyl (C=O) groups is 1. The molecule has 0 aromatic heterocycles. The Morgan fingerprint density at radius 2 is 1.76 bits per heavy atom. The van der Waals surface area contributed by atoms with E-state index < -0.39 is 5.54 Å². The van der Waals surface area contributed by atoms with E-state index in [1.165, 1.54) is 18.5 Å². The first-order chi connectivity index (χ1) is 9.92. The molecular weight excluding hydrogens is 262 g/mol. The molecule has 0 bridgehead atoms. The Morgan fingerprint density at radius 3 is 2.29 bits per heavy atom. The summed E-state index contributed by atoms with van der Waals surface area (Å²) in [6.07, 6.45) is 2.52. The average molecular weight is 289 g/mol. The van der Waals surface area contributed by atoms with Gasteiger partial charge in [0.15, 0.2) is 0 Å². The van der Waals surface area contributed by atoms with E-state index in [0.29, 0.717) is 0 Å². The monoisotopic (exact) mass is 289 g/mol. The summed E-state index contributed by atoms with van der Waals surface area (Å²) in [6.45, 7) is 8.30. The molecule has 116 valence electrons. The molecule has 0 atom stereocenters. The van der Waals surface area contributed by atoms with E-state index >= 15 is 0 Å². The van der Waals surface area contributed by atoms with E-state index in [4.69, 9.17) is 0 Å². The van der Waals surface area contributed by atoms with Gasteiger partial charge in [0.1, 0.15) is 0 Å². The normalized spacial score (nSPS) is 16.9. The molecule has 1 saturated heterocycles. The van der Waals surface area contributed by atoms with Gasteiger partial charge in [0.2, 0.25) is 5.91 Å². The third-order valence-electron chi connectivity index (χ3n) is 4.47. The van der Waals surface area contributed by atoms with Crippen molar-refractivity contribution in [2.45, 2.75) is 39.2 Å². The second-order valence-corrected chi connectivity index (χ2v) is 6.55. The summed E-state index contributed by atoms with van der Waals surface area (Å²) in [4.78, 5) is 14.5. The Labute approximate surface area is 127 Å². The Morgan fingerprint density at radius 1 is 1.19 bits per heavy atom. The lowest BCUT2D eigenvalue weighted by atomic mass is 9.99. The van der Waals surface area contributed by atoms with Crippen LogP contribution in [0.3, 0.4) is 0 Å². The first-order valence-corrected chi connectivity index (χ1v) is 7.78. The van der Waals surface area contributed by atoms with Gasteiger partial charge in [-0.1, -0.05) is 6.92 Å². The Hall–Kier alpha value is -1.55. The van der Waals surface area contributed by atoms with Gasteiger partial charge in [-0.2, -0.15) is 0 Å². The fraction of sp³-hybridized carbons (Fsp3) is 0.588. The van der Waals surface area contributed by atoms with Gasteiger partial charge in [-0.05, 0) is 63.9 Å². The largest absolute Gasteiger partial charge is 0.372 e. The number of nitrogens with one attached hydrogen (secondary N) is 2. The number of nitrogens with zero attached hydrogens (tertiary/aromatic N) is 1. The van der Waals surface area contributed by atoms with Crippen LogP contribution in [-0.2, 0) is 4.79 Å². The lowest BCUT2D eigenvalue weighted by Crippen LogP contribution is -2.47. The predicted molar refractivity (Wildman–Crippen MR) is 88.8 cm³/mol. The standard InChI is InChI=1S/C17H27N3O/c1-13-9-11-20(12-10-13)15-7-5-14(6-8-15)19-16(21)17(2,3)18-4/h5-8,13,18H,9-12H2,1-4H3,(H,19,21). The number of anilines is 2. The fourth-order valence-electron chi connectivity index (χ4n) is 2.42. The minimum Gasteiger partial charge on any atom is -0.372 e. The third kappa shape index (κ3) is 3.97. The van der Waals surface area contributed by atoms with Crippen molar-refractivity contribution in [1.82, 2.24) is 5.32 Å². The molecule has 2 N–H and O–H groups in total. The molecule has 0 unspecified atom stereocenters. The van der Waals surface area contributed by atoms with E-state index in [1.807, 2.05) is 26.0 Å². The quantitative estimate of drug-likeness (QED) is 0.896. The van der Waals surface area contributed by atoms with Gasteiger partial charge in [0.25, 0.3) is 0 Å². The number of hydrogen-bond donors (Lipinski definition) is 2. The first-order valence-electron chi connectivity index (χ1n) is 7.78. The third-order valence-corrected chi connectivity index (χ3v) is 4.47. The van der Waals surface area contributed by atoms with Crippen LogP contribution in [0.5, 0.6) is 0 Å². The van der Waals surface area contributed by atoms with Gasteiger partial charge in [0.05, 0.1) is 5.54 Å². The van der Waals surface area contributed by atoms with Crippen LogP contribution < -0.4 is 15.5 Å². The minimum atomic E-state index is -0.568. The minimum absolute atomic E-state index is 0.0236. The number of likely N-dealkylation sites (N-methyl/N-ethyl adjacent to an activating group) is 1. The number of amides is 1. The maximum Gasteiger partial charge on any atom is 0.244 e. The molecule has 0 saturated carbocycles. The number of rotatable bonds is 4. The van der Waals surface area contributed by atoms with Gasteiger partial charge >= 0.3 is 0 Å². The Balaban J connectivity index is 1.98. The van der Waals surface area contributed by atoms with E-state index in [1.54, 1.807) is 7.05 Å². The van der Waals surface area contributed by atoms with Gasteiger partial charge in [-0.15, -0.1) is 0 Å². The highest BCUT2D eigenvalue weighted by Gasteiger charge is 2.25. The molecule has 2 rings (SSSR count). The van der Waals surface area contributed by atoms with Crippen molar-refractivity contribution in [3.05, 3.63) is 24.3 Å². The maximum absolute atomic E-state index is 12.1. The highest BCUT2D eigenvalue weighted by atomic mass is 16.2. The molecule has 1 aliphatic heterocycles. The maximum atomic E-state index is 12.1. The van der Waals surface area contributed by atoms with Crippen molar-refractivity contribution in [2.75, 3.05) is 30.4 Å². The molecule has 0 spiro atoms. The van der Waals surface area contributed by atoms with Gasteiger partial charge < -0.3 is 15.5 Å². The zero-order chi connectivity index (χ0) is 15.5. The smallest absolute Gasteiger partial charge is 0.244 e. The van der Waals surface area contributed by atoms with Gasteiger partial charge in [0, 0.05) is 24.5 Å². The number of hydrogen-bond acceptors (Lipinski definition) is 3. The molecular formula is C17H27N3O. The molecule has 1 aromatic carbocycles. The zero-order valence-electron chi connectivity index (χ0n) is 13.6. The van der Waals surface area contributed by atoms with E-state index in [0.717, 1.165) is 24.7 Å².